The van der Waals surface area contributed by atoms with Gasteiger partial charge in [-0.2, -0.15) is 0 Å². The molecule has 4 rings (SSSR count). The summed E-state index contributed by atoms with van der Waals surface area (Å²) in [4.78, 5) is 6.45. The molecular weight excluding hydrogens is 438 g/mol. The van der Waals surface area contributed by atoms with Crippen LogP contribution < -0.4 is 5.32 Å². The van der Waals surface area contributed by atoms with Gasteiger partial charge in [-0.25, -0.2) is 0 Å². The minimum atomic E-state index is 0.310. The third kappa shape index (κ3) is 5.77. The molecule has 192 valence electrons. The summed E-state index contributed by atoms with van der Waals surface area (Å²) in [6.07, 6.45) is 22.3. The van der Waals surface area contributed by atoms with E-state index >= 15 is 0 Å². The van der Waals surface area contributed by atoms with Gasteiger partial charge in [0.2, 0.25) is 0 Å². The molecule has 1 aliphatic heterocycles. The van der Waals surface area contributed by atoms with Crippen LogP contribution in [0.3, 0.4) is 0 Å². The average molecular weight is 484 g/mol. The second kappa shape index (κ2) is 11.5. The van der Waals surface area contributed by atoms with Crippen molar-refractivity contribution in [2.24, 2.45) is 22.2 Å². The number of hydrogen-bond donors (Lipinski definition) is 1. The van der Waals surface area contributed by atoms with Gasteiger partial charge >= 0.3 is 0 Å². The van der Waals surface area contributed by atoms with Crippen LogP contribution in [-0.4, -0.2) is 38.3 Å². The van der Waals surface area contributed by atoms with Crippen LogP contribution in [0.15, 0.2) is 77.5 Å². The van der Waals surface area contributed by atoms with Crippen LogP contribution in [-0.2, 0) is 0 Å². The average Bonchev–Trinajstić information content (AvgIpc) is 2.83. The standard InChI is InChI=1S/C33H45N3/c1-7-11-29(22-34-4)30-14-15-31(28-13-10-12-27(17-28)26(9-3)23-36(5)6)35-32(30)16-25-20-33(21-25)18-24(8-2)19-33/h9-15,17,22-25,32,35H,3,7-8,16,18-21H2,1-2,4-6H3/b26-23+,29-11+,34-22?. The van der Waals surface area contributed by atoms with Gasteiger partial charge in [0.05, 0.1) is 6.04 Å². The number of benzene rings is 1. The zero-order chi connectivity index (χ0) is 25.7. The Morgan fingerprint density at radius 3 is 2.50 bits per heavy atom. The molecule has 1 spiro atoms. The van der Waals surface area contributed by atoms with Crippen molar-refractivity contribution in [3.05, 3.63) is 83.6 Å². The molecule has 0 amide bonds. The van der Waals surface area contributed by atoms with Gasteiger partial charge in [-0.05, 0) is 95.8 Å². The van der Waals surface area contributed by atoms with Crippen molar-refractivity contribution < 1.29 is 0 Å². The van der Waals surface area contributed by atoms with E-state index in [0.29, 0.717) is 11.5 Å². The Balaban J connectivity index is 1.58. The molecule has 0 saturated heterocycles. The van der Waals surface area contributed by atoms with Gasteiger partial charge in [0, 0.05) is 39.3 Å². The molecule has 0 radical (unpaired) electrons. The van der Waals surface area contributed by atoms with E-state index in [1.807, 2.05) is 33.4 Å². The van der Waals surface area contributed by atoms with Crippen LogP contribution in [0, 0.1) is 17.3 Å². The van der Waals surface area contributed by atoms with Gasteiger partial charge in [0.15, 0.2) is 0 Å². The number of dihydropyridines is 1. The summed E-state index contributed by atoms with van der Waals surface area (Å²) < 4.78 is 0. The summed E-state index contributed by atoms with van der Waals surface area (Å²) in [5, 5.41) is 3.96. The highest BCUT2D eigenvalue weighted by molar-refractivity contribution is 5.86. The molecular formula is C33H45N3. The number of nitrogens with zero attached hydrogens (tertiary/aromatic N) is 2. The maximum Gasteiger partial charge on any atom is 0.0523 e. The molecule has 1 aromatic rings. The van der Waals surface area contributed by atoms with Crippen molar-refractivity contribution >= 4 is 17.5 Å². The highest BCUT2D eigenvalue weighted by Crippen LogP contribution is 2.63. The van der Waals surface area contributed by atoms with Crippen molar-refractivity contribution in [1.29, 1.82) is 0 Å². The van der Waals surface area contributed by atoms with E-state index in [9.17, 15) is 0 Å². The van der Waals surface area contributed by atoms with Crippen molar-refractivity contribution in [1.82, 2.24) is 10.2 Å². The minimum Gasteiger partial charge on any atom is -0.383 e. The van der Waals surface area contributed by atoms with Crippen LogP contribution in [0.2, 0.25) is 0 Å². The molecule has 0 aromatic heterocycles. The second-order valence-electron chi connectivity index (χ2n) is 11.4. The zero-order valence-corrected chi connectivity index (χ0v) is 23.1. The fraction of sp³-hybridized carbons (Fsp3) is 0.485. The maximum absolute atomic E-state index is 4.38. The van der Waals surface area contributed by atoms with E-state index in [0.717, 1.165) is 23.8 Å². The largest absolute Gasteiger partial charge is 0.383 e. The Bertz CT molecular complexity index is 1080. The van der Waals surface area contributed by atoms with Crippen molar-refractivity contribution in [3.8, 4) is 0 Å². The van der Waals surface area contributed by atoms with Gasteiger partial charge in [0.1, 0.15) is 0 Å². The predicted octanol–water partition coefficient (Wildman–Crippen LogP) is 7.66. The summed E-state index contributed by atoms with van der Waals surface area (Å²) in [5.41, 5.74) is 8.06. The van der Waals surface area contributed by atoms with Gasteiger partial charge in [-0.3, -0.25) is 4.99 Å². The lowest BCUT2D eigenvalue weighted by atomic mass is 9.47. The first-order chi connectivity index (χ1) is 17.4. The van der Waals surface area contributed by atoms with Crippen LogP contribution in [0.25, 0.3) is 11.3 Å². The molecule has 1 aromatic carbocycles. The van der Waals surface area contributed by atoms with Gasteiger partial charge in [0.25, 0.3) is 0 Å². The smallest absolute Gasteiger partial charge is 0.0523 e. The van der Waals surface area contributed by atoms with Crippen LogP contribution >= 0.6 is 0 Å². The van der Waals surface area contributed by atoms with E-state index in [2.05, 4.69) is 84.3 Å². The van der Waals surface area contributed by atoms with Gasteiger partial charge < -0.3 is 10.2 Å². The quantitative estimate of drug-likeness (QED) is 0.273. The van der Waals surface area contributed by atoms with E-state index in [4.69, 9.17) is 0 Å². The zero-order valence-electron chi connectivity index (χ0n) is 23.1. The Kier molecular flexibility index (Phi) is 8.39. The minimum absolute atomic E-state index is 0.310. The number of aliphatic imine (C=N–C) groups is 1. The summed E-state index contributed by atoms with van der Waals surface area (Å²) in [6, 6.07) is 9.11. The SMILES string of the molecule is C=C/C(=C\N(C)C)c1cccc(C2=CC=C(/C(C=NC)=C/CC)C(CC3CC4(CC(CC)C4)C3)N2)c1. The Hall–Kier alpha value is -2.81. The molecule has 1 atom stereocenters. The van der Waals surface area contributed by atoms with Crippen LogP contribution in [0.4, 0.5) is 0 Å². The van der Waals surface area contributed by atoms with E-state index in [-0.39, 0.29) is 0 Å². The number of allylic oxidation sites excluding steroid dienone is 5. The van der Waals surface area contributed by atoms with Crippen LogP contribution in [0.5, 0.6) is 0 Å². The van der Waals surface area contributed by atoms with E-state index in [1.54, 1.807) is 0 Å². The molecule has 3 heteroatoms. The van der Waals surface area contributed by atoms with Gasteiger partial charge in [-0.1, -0.05) is 63.3 Å². The third-order valence-electron chi connectivity index (χ3n) is 8.32. The van der Waals surface area contributed by atoms with Crippen LogP contribution in [0.1, 0.15) is 69.9 Å². The van der Waals surface area contributed by atoms with Crippen molar-refractivity contribution in [2.45, 2.75) is 64.8 Å². The van der Waals surface area contributed by atoms with Crippen molar-refractivity contribution in [3.63, 3.8) is 0 Å². The Morgan fingerprint density at radius 2 is 1.86 bits per heavy atom. The molecule has 1 N–H and O–H groups in total. The van der Waals surface area contributed by atoms with E-state index < -0.39 is 0 Å². The maximum atomic E-state index is 4.38. The number of nitrogens with one attached hydrogen (secondary N) is 1. The second-order valence-corrected chi connectivity index (χ2v) is 11.4. The summed E-state index contributed by atoms with van der Waals surface area (Å²) >= 11 is 0. The number of rotatable bonds is 10. The number of hydrogen-bond acceptors (Lipinski definition) is 3. The molecule has 2 fully saturated rings. The first-order valence-corrected chi connectivity index (χ1v) is 13.8. The third-order valence-corrected chi connectivity index (χ3v) is 8.32. The first kappa shape index (κ1) is 26.3. The normalized spacial score (nSPS) is 28.2. The lowest BCUT2D eigenvalue weighted by Gasteiger charge is -2.58. The molecule has 3 nitrogen and oxygen atoms in total. The summed E-state index contributed by atoms with van der Waals surface area (Å²) in [7, 11) is 5.97. The lowest BCUT2D eigenvalue weighted by molar-refractivity contribution is -0.0725. The fourth-order valence-electron chi connectivity index (χ4n) is 6.71. The fourth-order valence-corrected chi connectivity index (χ4v) is 6.71. The molecule has 1 unspecified atom stereocenters. The molecule has 2 saturated carbocycles. The molecule has 0 bridgehead atoms. The molecule has 36 heavy (non-hydrogen) atoms. The topological polar surface area (TPSA) is 27.6 Å². The monoisotopic (exact) mass is 483 g/mol. The van der Waals surface area contributed by atoms with E-state index in [1.165, 1.54) is 66.5 Å². The highest BCUT2D eigenvalue weighted by Gasteiger charge is 2.52. The summed E-state index contributed by atoms with van der Waals surface area (Å²) in [6.45, 7) is 8.59. The molecule has 3 aliphatic rings. The van der Waals surface area contributed by atoms with Gasteiger partial charge in [-0.15, -0.1) is 0 Å². The highest BCUT2D eigenvalue weighted by atomic mass is 15.0. The molecule has 2 aliphatic carbocycles. The lowest BCUT2D eigenvalue weighted by Crippen LogP contribution is -2.49. The van der Waals surface area contributed by atoms with Crippen molar-refractivity contribution in [2.75, 3.05) is 21.1 Å². The summed E-state index contributed by atoms with van der Waals surface area (Å²) in [5.74, 6) is 1.80. The first-order valence-electron chi connectivity index (χ1n) is 13.8. The Labute approximate surface area is 219 Å². The molecule has 1 heterocycles. The Morgan fingerprint density at radius 1 is 1.11 bits per heavy atom. The predicted molar refractivity (Wildman–Crippen MR) is 157 cm³/mol.